The highest BCUT2D eigenvalue weighted by atomic mass is 16.4. The van der Waals surface area contributed by atoms with E-state index in [0.29, 0.717) is 0 Å². The molecule has 5 heteroatoms. The van der Waals surface area contributed by atoms with E-state index in [4.69, 9.17) is 5.11 Å². The number of aliphatic carboxylic acids is 1. The molecule has 0 aromatic rings. The molecule has 0 amide bonds. The fourth-order valence-corrected chi connectivity index (χ4v) is 3.83. The van der Waals surface area contributed by atoms with Crippen LogP contribution in [0.3, 0.4) is 0 Å². The van der Waals surface area contributed by atoms with Crippen molar-refractivity contribution in [3.8, 4) is 0 Å². The Hall–Kier alpha value is -1.17. The highest BCUT2D eigenvalue weighted by molar-refractivity contribution is 5.85. The van der Waals surface area contributed by atoms with Gasteiger partial charge in [-0.1, -0.05) is 12.2 Å². The molecule has 2 bridgehead atoms. The smallest absolute Gasteiger partial charge is 0.331 e. The molecular formula is C15H22O5. The van der Waals surface area contributed by atoms with Crippen LogP contribution in [0, 0.1) is 17.3 Å². The molecule has 3 aliphatic rings. The first-order valence-electron chi connectivity index (χ1n) is 6.91. The van der Waals surface area contributed by atoms with Crippen LogP contribution in [0.5, 0.6) is 0 Å². The Morgan fingerprint density at radius 2 is 2.20 bits per heavy atom. The van der Waals surface area contributed by atoms with Gasteiger partial charge in [-0.3, -0.25) is 0 Å². The van der Waals surface area contributed by atoms with E-state index in [9.17, 15) is 20.1 Å². The van der Waals surface area contributed by atoms with Crippen molar-refractivity contribution in [2.45, 2.75) is 38.4 Å². The first kappa shape index (κ1) is 15.2. The predicted octanol–water partition coefficient (Wildman–Crippen LogP) is 0.704. The van der Waals surface area contributed by atoms with Crippen molar-refractivity contribution in [1.82, 2.24) is 0 Å². The summed E-state index contributed by atoms with van der Waals surface area (Å²) in [5, 5.41) is 39.1. The highest BCUT2D eigenvalue weighted by Crippen LogP contribution is 2.63. The van der Waals surface area contributed by atoms with E-state index in [-0.39, 0.29) is 24.0 Å². The number of carboxylic acids is 1. The van der Waals surface area contributed by atoms with E-state index in [1.165, 1.54) is 6.92 Å². The molecule has 3 saturated carbocycles. The molecule has 0 heterocycles. The van der Waals surface area contributed by atoms with Gasteiger partial charge >= 0.3 is 5.97 Å². The quantitative estimate of drug-likeness (QED) is 0.439. The van der Waals surface area contributed by atoms with Crippen molar-refractivity contribution in [3.05, 3.63) is 23.8 Å². The average Bonchev–Trinajstić information content (AvgIpc) is 2.38. The average molecular weight is 282 g/mol. The standard InChI is InChI=1S/C15H22O5/c1-8-3-4-10-6-11(8)15(10,7-16)13(18)12(17)5-9(2)14(19)20/h5,10-13,16-18H,1,3-4,6-7H2,2H3,(H,19,20). The minimum atomic E-state index is -1.30. The Labute approximate surface area is 118 Å². The molecule has 0 spiro atoms. The Morgan fingerprint density at radius 1 is 1.55 bits per heavy atom. The minimum absolute atomic E-state index is 0.00874. The highest BCUT2D eigenvalue weighted by Gasteiger charge is 2.62. The largest absolute Gasteiger partial charge is 0.478 e. The van der Waals surface area contributed by atoms with Gasteiger partial charge in [-0.15, -0.1) is 0 Å². The molecule has 3 aliphatic carbocycles. The van der Waals surface area contributed by atoms with Crippen LogP contribution >= 0.6 is 0 Å². The molecule has 0 aromatic carbocycles. The third-order valence-corrected chi connectivity index (χ3v) is 5.14. The first-order chi connectivity index (χ1) is 9.34. The Bertz CT molecular complexity index is 453. The zero-order valence-corrected chi connectivity index (χ0v) is 11.6. The Kier molecular flexibility index (Phi) is 4.04. The fourth-order valence-electron chi connectivity index (χ4n) is 3.83. The van der Waals surface area contributed by atoms with Crippen LogP contribution < -0.4 is 0 Å². The second kappa shape index (κ2) is 5.31. The molecule has 4 N–H and O–H groups in total. The second-order valence-electron chi connectivity index (χ2n) is 6.04. The summed E-state index contributed by atoms with van der Waals surface area (Å²) in [5.41, 5.74) is 0.212. The van der Waals surface area contributed by atoms with Crippen LogP contribution in [0.25, 0.3) is 0 Å². The number of allylic oxidation sites excluding steroid dienone is 1. The van der Waals surface area contributed by atoms with E-state index < -0.39 is 23.6 Å². The van der Waals surface area contributed by atoms with Crippen molar-refractivity contribution in [1.29, 1.82) is 0 Å². The minimum Gasteiger partial charge on any atom is -0.478 e. The summed E-state index contributed by atoms with van der Waals surface area (Å²) in [7, 11) is 0. The number of fused-ring (bicyclic) bond motifs is 2. The molecule has 5 unspecified atom stereocenters. The summed E-state index contributed by atoms with van der Waals surface area (Å²) >= 11 is 0. The summed E-state index contributed by atoms with van der Waals surface area (Å²) in [5.74, 6) is -0.965. The van der Waals surface area contributed by atoms with Gasteiger partial charge in [0.2, 0.25) is 0 Å². The number of aliphatic hydroxyl groups is 3. The SMILES string of the molecule is C=C1CCC2CC1C2(CO)C(O)C(O)C=C(C)C(=O)O. The van der Waals surface area contributed by atoms with Crippen LogP contribution in [-0.2, 0) is 4.79 Å². The van der Waals surface area contributed by atoms with Gasteiger partial charge in [0.25, 0.3) is 0 Å². The Balaban J connectivity index is 2.22. The van der Waals surface area contributed by atoms with E-state index in [0.717, 1.165) is 30.9 Å². The normalized spacial score (nSPS) is 36.2. The number of carbonyl (C=O) groups is 1. The third-order valence-electron chi connectivity index (χ3n) is 5.14. The van der Waals surface area contributed by atoms with Crippen LogP contribution in [0.2, 0.25) is 0 Å². The van der Waals surface area contributed by atoms with E-state index in [1.807, 2.05) is 0 Å². The van der Waals surface area contributed by atoms with Gasteiger partial charge in [-0.05, 0) is 44.1 Å². The lowest BCUT2D eigenvalue weighted by atomic mass is 9.43. The van der Waals surface area contributed by atoms with Gasteiger partial charge in [0, 0.05) is 11.0 Å². The summed E-state index contributed by atoms with van der Waals surface area (Å²) in [6.07, 6.45) is 1.29. The fraction of sp³-hybridized carbons (Fsp3) is 0.667. The maximum absolute atomic E-state index is 10.8. The predicted molar refractivity (Wildman–Crippen MR) is 72.9 cm³/mol. The molecular weight excluding hydrogens is 260 g/mol. The lowest BCUT2D eigenvalue weighted by Crippen LogP contribution is -2.64. The van der Waals surface area contributed by atoms with Crippen LogP contribution in [0.15, 0.2) is 23.8 Å². The number of hydrogen-bond acceptors (Lipinski definition) is 4. The van der Waals surface area contributed by atoms with Crippen LogP contribution in [0.4, 0.5) is 0 Å². The molecule has 20 heavy (non-hydrogen) atoms. The van der Waals surface area contributed by atoms with Gasteiger partial charge in [-0.25, -0.2) is 4.79 Å². The molecule has 0 aliphatic heterocycles. The van der Waals surface area contributed by atoms with Gasteiger partial charge < -0.3 is 20.4 Å². The topological polar surface area (TPSA) is 98.0 Å². The second-order valence-corrected chi connectivity index (χ2v) is 6.04. The summed E-state index contributed by atoms with van der Waals surface area (Å²) in [4.78, 5) is 10.8. The van der Waals surface area contributed by atoms with Gasteiger partial charge in [0.1, 0.15) is 0 Å². The van der Waals surface area contributed by atoms with Crippen molar-refractivity contribution in [3.63, 3.8) is 0 Å². The first-order valence-corrected chi connectivity index (χ1v) is 6.91. The molecule has 5 nitrogen and oxygen atoms in total. The summed E-state index contributed by atoms with van der Waals surface area (Å²) in [6.45, 7) is 5.14. The van der Waals surface area contributed by atoms with E-state index in [1.54, 1.807) is 0 Å². The van der Waals surface area contributed by atoms with Crippen molar-refractivity contribution < 1.29 is 25.2 Å². The van der Waals surface area contributed by atoms with Gasteiger partial charge in [0.05, 0.1) is 18.8 Å². The summed E-state index contributed by atoms with van der Waals surface area (Å²) in [6, 6.07) is 0. The number of carboxylic acid groups (broad SMARTS) is 1. The lowest BCUT2D eigenvalue weighted by Gasteiger charge is -2.62. The molecule has 3 rings (SSSR count). The molecule has 0 aromatic heterocycles. The zero-order valence-electron chi connectivity index (χ0n) is 11.6. The summed E-state index contributed by atoms with van der Waals surface area (Å²) < 4.78 is 0. The number of rotatable bonds is 5. The zero-order chi connectivity index (χ0) is 15.1. The van der Waals surface area contributed by atoms with Crippen molar-refractivity contribution in [2.75, 3.05) is 6.61 Å². The maximum atomic E-state index is 10.8. The molecule has 0 saturated heterocycles. The number of hydrogen-bond donors (Lipinski definition) is 4. The van der Waals surface area contributed by atoms with E-state index >= 15 is 0 Å². The van der Waals surface area contributed by atoms with Gasteiger partial charge in [0.15, 0.2) is 0 Å². The maximum Gasteiger partial charge on any atom is 0.331 e. The third kappa shape index (κ3) is 2.10. The van der Waals surface area contributed by atoms with Crippen molar-refractivity contribution in [2.24, 2.45) is 17.3 Å². The van der Waals surface area contributed by atoms with Crippen LogP contribution in [0.1, 0.15) is 26.2 Å². The van der Waals surface area contributed by atoms with Gasteiger partial charge in [-0.2, -0.15) is 0 Å². The Morgan fingerprint density at radius 3 is 2.65 bits per heavy atom. The monoisotopic (exact) mass is 282 g/mol. The molecule has 5 atom stereocenters. The van der Waals surface area contributed by atoms with E-state index in [2.05, 4.69) is 6.58 Å². The van der Waals surface area contributed by atoms with Crippen molar-refractivity contribution >= 4 is 5.97 Å². The molecule has 0 radical (unpaired) electrons. The molecule has 112 valence electrons. The molecule has 3 fully saturated rings. The lowest BCUT2D eigenvalue weighted by molar-refractivity contribution is -0.193. The van der Waals surface area contributed by atoms with Crippen LogP contribution in [-0.4, -0.2) is 45.2 Å². The number of aliphatic hydroxyl groups excluding tert-OH is 3.